The fourth-order valence-corrected chi connectivity index (χ4v) is 2.06. The number of nitrogens with one attached hydrogen (secondary N) is 1. The van der Waals surface area contributed by atoms with Gasteiger partial charge in [0.05, 0.1) is 12.0 Å². The Morgan fingerprint density at radius 3 is 2.59 bits per heavy atom. The molecule has 1 amide bonds. The Bertz CT molecular complexity index is 321. The van der Waals surface area contributed by atoms with Crippen molar-refractivity contribution in [3.05, 3.63) is 0 Å². The summed E-state index contributed by atoms with van der Waals surface area (Å²) in [6.07, 6.45) is 0.145. The normalized spacial score (nSPS) is 22.8. The van der Waals surface area contributed by atoms with Gasteiger partial charge >= 0.3 is 5.97 Å². The molecule has 2 heterocycles. The van der Waals surface area contributed by atoms with Gasteiger partial charge in [0.15, 0.2) is 0 Å². The number of carbonyl (C=O) groups is 2. The Hall–Kier alpha value is -1.14. The molecule has 0 unspecified atom stereocenters. The van der Waals surface area contributed by atoms with Crippen molar-refractivity contribution < 1.29 is 19.4 Å². The lowest BCUT2D eigenvalue weighted by Gasteiger charge is -2.41. The summed E-state index contributed by atoms with van der Waals surface area (Å²) in [5.74, 6) is -0.733. The first-order valence-electron chi connectivity index (χ1n) is 5.83. The van der Waals surface area contributed by atoms with Crippen molar-refractivity contribution in [2.45, 2.75) is 18.9 Å². The Labute approximate surface area is 99.9 Å². The smallest absolute Gasteiger partial charge is 0.303 e. The highest BCUT2D eigenvalue weighted by Crippen LogP contribution is 2.20. The molecule has 0 aromatic carbocycles. The number of rotatable bonds is 5. The summed E-state index contributed by atoms with van der Waals surface area (Å²) in [5, 5.41) is 11.7. The number of nitrogens with zero attached hydrogens (tertiary/aromatic N) is 1. The molecule has 2 saturated heterocycles. The molecule has 0 aromatic heterocycles. The van der Waals surface area contributed by atoms with Crippen molar-refractivity contribution in [3.8, 4) is 0 Å². The number of carboxylic acids is 1. The average molecular weight is 242 g/mol. The van der Waals surface area contributed by atoms with Crippen LogP contribution in [0.4, 0.5) is 0 Å². The third kappa shape index (κ3) is 2.95. The third-order valence-corrected chi connectivity index (χ3v) is 3.32. The molecule has 2 N–H and O–H groups in total. The van der Waals surface area contributed by atoms with Crippen LogP contribution in [0.3, 0.4) is 0 Å². The molecule has 6 nitrogen and oxygen atoms in total. The van der Waals surface area contributed by atoms with Crippen molar-refractivity contribution in [1.29, 1.82) is 0 Å². The van der Waals surface area contributed by atoms with E-state index in [9.17, 15) is 9.59 Å². The number of ether oxygens (including phenoxy) is 1. The maximum Gasteiger partial charge on any atom is 0.303 e. The van der Waals surface area contributed by atoms with Gasteiger partial charge in [0.25, 0.3) is 0 Å². The summed E-state index contributed by atoms with van der Waals surface area (Å²) < 4.78 is 5.53. The van der Waals surface area contributed by atoms with Crippen LogP contribution in [0.25, 0.3) is 0 Å². The van der Waals surface area contributed by atoms with Gasteiger partial charge in [0.2, 0.25) is 5.91 Å². The topological polar surface area (TPSA) is 78.9 Å². The summed E-state index contributed by atoms with van der Waals surface area (Å²) in [4.78, 5) is 23.8. The highest BCUT2D eigenvalue weighted by atomic mass is 16.5. The van der Waals surface area contributed by atoms with Gasteiger partial charge < -0.3 is 20.1 Å². The van der Waals surface area contributed by atoms with Gasteiger partial charge in [-0.25, -0.2) is 0 Å². The summed E-state index contributed by atoms with van der Waals surface area (Å²) in [7, 11) is 0. The van der Waals surface area contributed by atoms with Crippen LogP contribution in [-0.2, 0) is 14.3 Å². The largest absolute Gasteiger partial charge is 0.481 e. The number of carbonyl (C=O) groups excluding carboxylic acids is 1. The zero-order valence-corrected chi connectivity index (χ0v) is 9.94. The minimum absolute atomic E-state index is 0.0419. The van der Waals surface area contributed by atoms with Crippen molar-refractivity contribution in [2.24, 2.45) is 5.92 Å². The molecule has 17 heavy (non-hydrogen) atoms. The first kappa shape index (κ1) is 12.3. The summed E-state index contributed by atoms with van der Waals surface area (Å²) in [6, 6.07) is 0. The van der Waals surface area contributed by atoms with Gasteiger partial charge in [-0.1, -0.05) is 0 Å². The molecule has 0 aromatic rings. The molecular formula is C11H18N2O4. The standard InChI is InChI=1S/C11H18N2O4/c1-11(6-12-7-11)17-5-9(14)13-3-8(4-13)2-10(15)16/h8,12H,2-7H2,1H3,(H,15,16). The molecule has 6 heteroatoms. The van der Waals surface area contributed by atoms with Crippen molar-refractivity contribution >= 4 is 11.9 Å². The van der Waals surface area contributed by atoms with Crippen LogP contribution in [0.1, 0.15) is 13.3 Å². The van der Waals surface area contributed by atoms with E-state index in [4.69, 9.17) is 9.84 Å². The second-order valence-electron chi connectivity index (χ2n) is 5.10. The Kier molecular flexibility index (Phi) is 3.35. The first-order valence-corrected chi connectivity index (χ1v) is 5.83. The molecule has 0 bridgehead atoms. The molecule has 2 aliphatic rings. The van der Waals surface area contributed by atoms with E-state index in [0.29, 0.717) is 13.1 Å². The molecular weight excluding hydrogens is 224 g/mol. The average Bonchev–Trinajstić information content (AvgIpc) is 2.16. The molecule has 0 atom stereocenters. The minimum atomic E-state index is -0.800. The minimum Gasteiger partial charge on any atom is -0.481 e. The molecule has 0 spiro atoms. The van der Waals surface area contributed by atoms with Crippen LogP contribution < -0.4 is 5.32 Å². The SMILES string of the molecule is CC1(OCC(=O)N2CC(CC(=O)O)C2)CNC1. The van der Waals surface area contributed by atoms with E-state index in [0.717, 1.165) is 13.1 Å². The van der Waals surface area contributed by atoms with Crippen molar-refractivity contribution in [3.63, 3.8) is 0 Å². The molecule has 2 fully saturated rings. The quantitative estimate of drug-likeness (QED) is 0.666. The lowest BCUT2D eigenvalue weighted by atomic mass is 9.96. The lowest BCUT2D eigenvalue weighted by Crippen LogP contribution is -2.60. The molecule has 2 rings (SSSR count). The lowest BCUT2D eigenvalue weighted by molar-refractivity contribution is -0.154. The van der Waals surface area contributed by atoms with E-state index >= 15 is 0 Å². The molecule has 96 valence electrons. The molecule has 2 aliphatic heterocycles. The number of aliphatic carboxylic acids is 1. The van der Waals surface area contributed by atoms with Gasteiger partial charge in [-0.15, -0.1) is 0 Å². The van der Waals surface area contributed by atoms with E-state index in [1.165, 1.54) is 0 Å². The maximum atomic E-state index is 11.7. The van der Waals surface area contributed by atoms with Crippen LogP contribution in [-0.4, -0.2) is 60.3 Å². The molecule has 0 saturated carbocycles. The predicted octanol–water partition coefficient (Wildman–Crippen LogP) is -0.702. The molecule has 0 radical (unpaired) electrons. The number of likely N-dealkylation sites (tertiary alicyclic amines) is 1. The summed E-state index contributed by atoms with van der Waals surface area (Å²) in [6.45, 7) is 4.72. The van der Waals surface area contributed by atoms with E-state index in [2.05, 4.69) is 5.32 Å². The van der Waals surface area contributed by atoms with Gasteiger partial charge in [-0.3, -0.25) is 9.59 Å². The van der Waals surface area contributed by atoms with Gasteiger partial charge in [-0.2, -0.15) is 0 Å². The van der Waals surface area contributed by atoms with E-state index in [1.807, 2.05) is 6.92 Å². The van der Waals surface area contributed by atoms with E-state index < -0.39 is 5.97 Å². The maximum absolute atomic E-state index is 11.7. The zero-order valence-electron chi connectivity index (χ0n) is 9.94. The number of amides is 1. The monoisotopic (exact) mass is 242 g/mol. The zero-order chi connectivity index (χ0) is 12.5. The van der Waals surface area contributed by atoms with Crippen LogP contribution in [0.5, 0.6) is 0 Å². The summed E-state index contributed by atoms with van der Waals surface area (Å²) >= 11 is 0. The van der Waals surface area contributed by atoms with E-state index in [-0.39, 0.29) is 30.5 Å². The Balaban J connectivity index is 1.63. The van der Waals surface area contributed by atoms with Gasteiger partial charge in [-0.05, 0) is 6.92 Å². The number of hydrogen-bond acceptors (Lipinski definition) is 4. The number of hydrogen-bond donors (Lipinski definition) is 2. The third-order valence-electron chi connectivity index (χ3n) is 3.32. The van der Waals surface area contributed by atoms with Gasteiger partial charge in [0, 0.05) is 32.1 Å². The molecule has 0 aliphatic carbocycles. The van der Waals surface area contributed by atoms with Crippen LogP contribution in [0.2, 0.25) is 0 Å². The van der Waals surface area contributed by atoms with Crippen molar-refractivity contribution in [2.75, 3.05) is 32.8 Å². The Morgan fingerprint density at radius 1 is 1.47 bits per heavy atom. The highest BCUT2D eigenvalue weighted by molar-refractivity contribution is 5.78. The fraction of sp³-hybridized carbons (Fsp3) is 0.818. The predicted molar refractivity (Wildman–Crippen MR) is 59.5 cm³/mol. The highest BCUT2D eigenvalue weighted by Gasteiger charge is 2.36. The summed E-state index contributed by atoms with van der Waals surface area (Å²) in [5.41, 5.74) is -0.207. The van der Waals surface area contributed by atoms with Gasteiger partial charge in [0.1, 0.15) is 6.61 Å². The van der Waals surface area contributed by atoms with Crippen molar-refractivity contribution in [1.82, 2.24) is 10.2 Å². The second kappa shape index (κ2) is 4.62. The first-order chi connectivity index (χ1) is 7.98. The second-order valence-corrected chi connectivity index (χ2v) is 5.10. The van der Waals surface area contributed by atoms with Crippen LogP contribution >= 0.6 is 0 Å². The van der Waals surface area contributed by atoms with Crippen LogP contribution in [0.15, 0.2) is 0 Å². The van der Waals surface area contributed by atoms with Crippen LogP contribution in [0, 0.1) is 5.92 Å². The fourth-order valence-electron chi connectivity index (χ4n) is 2.06. The Morgan fingerprint density at radius 2 is 2.12 bits per heavy atom. The number of carboxylic acid groups (broad SMARTS) is 1. The van der Waals surface area contributed by atoms with E-state index in [1.54, 1.807) is 4.90 Å².